The van der Waals surface area contributed by atoms with Gasteiger partial charge in [0, 0.05) is 5.56 Å². The van der Waals surface area contributed by atoms with Crippen molar-refractivity contribution in [3.8, 4) is 0 Å². The summed E-state index contributed by atoms with van der Waals surface area (Å²) in [4.78, 5) is 0. The maximum absolute atomic E-state index is 12.4. The minimum atomic E-state index is -2.13. The van der Waals surface area contributed by atoms with E-state index in [-0.39, 0.29) is 5.56 Å². The average Bonchev–Trinajstić information content (AvgIpc) is 2.17. The lowest BCUT2D eigenvalue weighted by atomic mass is 10.1. The molecule has 0 spiro atoms. The molecule has 2 aromatic rings. The van der Waals surface area contributed by atoms with Crippen LogP contribution in [0.15, 0.2) is 42.5 Å². The Kier molecular flexibility index (Phi) is 1.99. The summed E-state index contributed by atoms with van der Waals surface area (Å²) < 4.78 is 12.4. The maximum atomic E-state index is 12.4. The second kappa shape index (κ2) is 3.15. The van der Waals surface area contributed by atoms with E-state index in [1.165, 1.54) is 6.07 Å². The van der Waals surface area contributed by atoms with Gasteiger partial charge in [-0.3, -0.25) is 0 Å². The van der Waals surface area contributed by atoms with Crippen LogP contribution in [-0.4, -0.2) is 0 Å². The van der Waals surface area contributed by atoms with Gasteiger partial charge in [-0.15, -0.1) is 0 Å². The first-order valence-corrected chi connectivity index (χ1v) is 4.06. The molecule has 0 aromatic heterocycles. The standard InChI is InChI=1S/C11H8FO/c12-11(13)10-6-5-8-3-1-2-4-9(8)7-10/h1-7,11H. The van der Waals surface area contributed by atoms with Crippen molar-refractivity contribution in [3.63, 3.8) is 0 Å². The van der Waals surface area contributed by atoms with Gasteiger partial charge in [0.2, 0.25) is 0 Å². The van der Waals surface area contributed by atoms with Crippen LogP contribution < -0.4 is 0 Å². The molecule has 0 N–H and O–H groups in total. The molecule has 0 aliphatic carbocycles. The summed E-state index contributed by atoms with van der Waals surface area (Å²) >= 11 is 0. The van der Waals surface area contributed by atoms with Gasteiger partial charge in [-0.05, 0) is 16.8 Å². The molecule has 0 bridgehead atoms. The van der Waals surface area contributed by atoms with Gasteiger partial charge in [-0.1, -0.05) is 36.4 Å². The predicted octanol–water partition coefficient (Wildman–Crippen LogP) is 3.24. The smallest absolute Gasteiger partial charge is 0.207 e. The van der Waals surface area contributed by atoms with E-state index >= 15 is 0 Å². The van der Waals surface area contributed by atoms with Gasteiger partial charge < -0.3 is 0 Å². The molecule has 2 rings (SSSR count). The maximum Gasteiger partial charge on any atom is 0.256 e. The fourth-order valence-corrected chi connectivity index (χ4v) is 1.35. The summed E-state index contributed by atoms with van der Waals surface area (Å²) in [5, 5.41) is 12.4. The van der Waals surface area contributed by atoms with Crippen molar-refractivity contribution >= 4 is 10.8 Å². The molecule has 1 radical (unpaired) electrons. The third-order valence-electron chi connectivity index (χ3n) is 2.04. The first kappa shape index (κ1) is 8.20. The van der Waals surface area contributed by atoms with Gasteiger partial charge in [0.25, 0.3) is 6.36 Å². The lowest BCUT2D eigenvalue weighted by Crippen LogP contribution is -1.86. The molecule has 2 heteroatoms. The van der Waals surface area contributed by atoms with Crippen LogP contribution in [0.2, 0.25) is 0 Å². The van der Waals surface area contributed by atoms with E-state index in [0.717, 1.165) is 10.8 Å². The molecular weight excluding hydrogens is 167 g/mol. The number of benzene rings is 2. The quantitative estimate of drug-likeness (QED) is 0.634. The highest BCUT2D eigenvalue weighted by Gasteiger charge is 2.05. The Morgan fingerprint density at radius 1 is 1.00 bits per heavy atom. The summed E-state index contributed by atoms with van der Waals surface area (Å²) in [6.45, 7) is 0. The minimum absolute atomic E-state index is 0.193. The Bertz CT molecular complexity index is 423. The lowest BCUT2D eigenvalue weighted by molar-refractivity contribution is -0.0246. The average molecular weight is 175 g/mol. The van der Waals surface area contributed by atoms with Gasteiger partial charge in [-0.25, -0.2) is 4.39 Å². The molecule has 1 nitrogen and oxygen atoms in total. The fourth-order valence-electron chi connectivity index (χ4n) is 1.35. The minimum Gasteiger partial charge on any atom is -0.207 e. The topological polar surface area (TPSA) is 19.9 Å². The molecule has 0 heterocycles. The lowest BCUT2D eigenvalue weighted by Gasteiger charge is -2.01. The van der Waals surface area contributed by atoms with Crippen molar-refractivity contribution in [2.24, 2.45) is 0 Å². The van der Waals surface area contributed by atoms with Gasteiger partial charge in [-0.2, -0.15) is 5.11 Å². The first-order chi connectivity index (χ1) is 6.27. The van der Waals surface area contributed by atoms with Crippen LogP contribution in [0.25, 0.3) is 10.8 Å². The Hall–Kier alpha value is -1.41. The third kappa shape index (κ3) is 1.53. The van der Waals surface area contributed by atoms with E-state index < -0.39 is 6.36 Å². The van der Waals surface area contributed by atoms with E-state index in [9.17, 15) is 9.50 Å². The van der Waals surface area contributed by atoms with Crippen molar-refractivity contribution in [1.29, 1.82) is 0 Å². The number of rotatable bonds is 1. The van der Waals surface area contributed by atoms with Gasteiger partial charge >= 0.3 is 0 Å². The number of alkyl halides is 1. The van der Waals surface area contributed by atoms with Crippen molar-refractivity contribution in [3.05, 3.63) is 48.0 Å². The van der Waals surface area contributed by atoms with Crippen LogP contribution in [0.4, 0.5) is 4.39 Å². The largest absolute Gasteiger partial charge is 0.256 e. The SMILES string of the molecule is [O]C(F)c1ccc2ccccc2c1. The molecule has 2 aromatic carbocycles. The summed E-state index contributed by atoms with van der Waals surface area (Å²) in [7, 11) is 0. The number of fused-ring (bicyclic) bond motifs is 1. The van der Waals surface area contributed by atoms with Crippen molar-refractivity contribution < 1.29 is 9.50 Å². The zero-order valence-electron chi connectivity index (χ0n) is 6.91. The monoisotopic (exact) mass is 175 g/mol. The highest BCUT2D eigenvalue weighted by molar-refractivity contribution is 5.83. The zero-order valence-corrected chi connectivity index (χ0v) is 6.91. The first-order valence-electron chi connectivity index (χ1n) is 4.06. The second-order valence-corrected chi connectivity index (χ2v) is 2.92. The number of halogens is 1. The molecular formula is C11H8FO. The summed E-state index contributed by atoms with van der Waals surface area (Å²) in [6.07, 6.45) is -2.13. The second-order valence-electron chi connectivity index (χ2n) is 2.92. The van der Waals surface area contributed by atoms with E-state index in [1.807, 2.05) is 24.3 Å². The molecule has 0 saturated heterocycles. The van der Waals surface area contributed by atoms with Crippen LogP contribution in [0.1, 0.15) is 11.9 Å². The molecule has 0 aliphatic rings. The van der Waals surface area contributed by atoms with Crippen molar-refractivity contribution in [2.45, 2.75) is 6.36 Å². The van der Waals surface area contributed by atoms with Crippen LogP contribution in [0, 0.1) is 0 Å². The molecule has 13 heavy (non-hydrogen) atoms. The van der Waals surface area contributed by atoms with E-state index in [0.29, 0.717) is 0 Å². The van der Waals surface area contributed by atoms with E-state index in [4.69, 9.17) is 0 Å². The molecule has 0 saturated carbocycles. The molecule has 1 atom stereocenters. The molecule has 0 fully saturated rings. The van der Waals surface area contributed by atoms with Crippen LogP contribution in [0.3, 0.4) is 0 Å². The zero-order chi connectivity index (χ0) is 9.26. The highest BCUT2D eigenvalue weighted by Crippen LogP contribution is 2.20. The molecule has 1 unspecified atom stereocenters. The highest BCUT2D eigenvalue weighted by atomic mass is 19.1. The molecule has 0 amide bonds. The summed E-state index contributed by atoms with van der Waals surface area (Å²) in [5.41, 5.74) is 0.193. The van der Waals surface area contributed by atoms with Crippen LogP contribution >= 0.6 is 0 Å². The fraction of sp³-hybridized carbons (Fsp3) is 0.0909. The van der Waals surface area contributed by atoms with Crippen LogP contribution in [0.5, 0.6) is 0 Å². The van der Waals surface area contributed by atoms with E-state index in [2.05, 4.69) is 0 Å². The number of hydrogen-bond donors (Lipinski definition) is 0. The van der Waals surface area contributed by atoms with Gasteiger partial charge in [0.15, 0.2) is 0 Å². The van der Waals surface area contributed by atoms with Crippen molar-refractivity contribution in [2.75, 3.05) is 0 Å². The Balaban J connectivity index is 2.62. The van der Waals surface area contributed by atoms with Gasteiger partial charge in [0.1, 0.15) is 0 Å². The predicted molar refractivity (Wildman–Crippen MR) is 48.5 cm³/mol. The van der Waals surface area contributed by atoms with Gasteiger partial charge in [0.05, 0.1) is 0 Å². The van der Waals surface area contributed by atoms with Crippen LogP contribution in [-0.2, 0) is 5.11 Å². The normalized spacial score (nSPS) is 13.1. The third-order valence-corrected chi connectivity index (χ3v) is 2.04. The summed E-state index contributed by atoms with van der Waals surface area (Å²) in [6, 6.07) is 12.4. The van der Waals surface area contributed by atoms with E-state index in [1.54, 1.807) is 12.1 Å². The molecule has 65 valence electrons. The Morgan fingerprint density at radius 2 is 1.69 bits per heavy atom. The number of hydrogen-bond acceptors (Lipinski definition) is 0. The Morgan fingerprint density at radius 3 is 2.38 bits per heavy atom. The summed E-state index contributed by atoms with van der Waals surface area (Å²) in [5.74, 6) is 0. The Labute approximate surface area is 75.4 Å². The molecule has 0 aliphatic heterocycles. The van der Waals surface area contributed by atoms with Crippen molar-refractivity contribution in [1.82, 2.24) is 0 Å².